The number of rotatable bonds is 25. The number of ether oxygens (including phenoxy) is 2. The van der Waals surface area contributed by atoms with Gasteiger partial charge in [0.05, 0.1) is 61.0 Å². The molecule has 0 bridgehead atoms. The van der Waals surface area contributed by atoms with Crippen molar-refractivity contribution in [1.29, 1.82) is 0 Å². The fourth-order valence-corrected chi connectivity index (χ4v) is 19.1. The van der Waals surface area contributed by atoms with Gasteiger partial charge in [-0.1, -0.05) is 160 Å². The third-order valence-electron chi connectivity index (χ3n) is 24.6. The first-order valence-corrected chi connectivity index (χ1v) is 43.8. The van der Waals surface area contributed by atoms with E-state index in [2.05, 4.69) is 87.4 Å². The third kappa shape index (κ3) is 19.7. The van der Waals surface area contributed by atoms with Gasteiger partial charge >= 0.3 is 0 Å². The zero-order chi connectivity index (χ0) is 89.7. The van der Waals surface area contributed by atoms with Crippen molar-refractivity contribution in [2.75, 3.05) is 73.1 Å². The molecule has 4 saturated heterocycles. The second-order valence-electron chi connectivity index (χ2n) is 34.0. The van der Waals surface area contributed by atoms with Crippen LogP contribution in [-0.2, 0) is 76.4 Å². The number of amides is 5. The van der Waals surface area contributed by atoms with E-state index in [4.69, 9.17) is 67.5 Å². The van der Waals surface area contributed by atoms with Gasteiger partial charge in [-0.2, -0.15) is 0 Å². The molecule has 4 aromatic heterocycles. The summed E-state index contributed by atoms with van der Waals surface area (Å²) in [6.07, 6.45) is 9.59. The number of likely N-dealkylation sites (tertiary alicyclic amines) is 4. The molecule has 9 heterocycles. The van der Waals surface area contributed by atoms with E-state index in [1.54, 1.807) is 46.0 Å². The summed E-state index contributed by atoms with van der Waals surface area (Å²) in [6, 6.07) is 44.4. The maximum Gasteiger partial charge on any atom is 0.256 e. The molecule has 0 N–H and O–H groups in total. The van der Waals surface area contributed by atoms with Crippen LogP contribution < -0.4 is 9.47 Å². The summed E-state index contributed by atoms with van der Waals surface area (Å²) in [5, 5.41) is 6.54. The minimum atomic E-state index is -0.462. The number of halogens is 5. The lowest BCUT2D eigenvalue weighted by molar-refractivity contribution is -0.135. The first-order chi connectivity index (χ1) is 59.7. The Balaban J connectivity index is 0.000000145. The lowest BCUT2D eigenvalue weighted by Gasteiger charge is -2.38. The van der Waals surface area contributed by atoms with E-state index >= 15 is 0 Å². The second kappa shape index (κ2) is 39.1. The Hall–Kier alpha value is -11.3. The van der Waals surface area contributed by atoms with Gasteiger partial charge in [0.25, 0.3) is 5.91 Å². The maximum absolute atomic E-state index is 14.0. The van der Waals surface area contributed by atoms with E-state index in [1.165, 1.54) is 35.4 Å². The number of Topliss-reactive ketones (excluding diaryl/α,β-unsaturated/α-hetero) is 4. The summed E-state index contributed by atoms with van der Waals surface area (Å²) in [6.45, 7) is 35.4. The molecule has 5 amide bonds. The topological polar surface area (TPSA) is 208 Å². The van der Waals surface area contributed by atoms with Crippen molar-refractivity contribution in [2.45, 2.75) is 118 Å². The molecule has 11 aromatic rings. The van der Waals surface area contributed by atoms with E-state index in [0.29, 0.717) is 141 Å². The van der Waals surface area contributed by atoms with Crippen LogP contribution >= 0.6 is 58.0 Å². The van der Waals surface area contributed by atoms with E-state index in [0.717, 1.165) is 100 Å². The fourth-order valence-electron chi connectivity index (χ4n) is 18.2. The highest BCUT2D eigenvalue weighted by atomic mass is 35.5. The molecule has 5 aliphatic rings. The summed E-state index contributed by atoms with van der Waals surface area (Å²) in [5.41, 5.74) is 14.9. The molecule has 0 aliphatic carbocycles. The smallest absolute Gasteiger partial charge is 0.256 e. The molecule has 4 fully saturated rings. The first-order valence-electron chi connectivity index (χ1n) is 41.9. The van der Waals surface area contributed by atoms with Crippen LogP contribution in [0.15, 0.2) is 196 Å². The number of aromatic nitrogens is 4. The van der Waals surface area contributed by atoms with Gasteiger partial charge in [-0.15, -0.1) is 0 Å². The predicted molar refractivity (Wildman–Crippen MR) is 499 cm³/mol. The van der Waals surface area contributed by atoms with Crippen LogP contribution in [0.1, 0.15) is 104 Å². The molecule has 1 unspecified atom stereocenters. The van der Waals surface area contributed by atoms with Crippen molar-refractivity contribution in [2.24, 2.45) is 23.7 Å². The SMILES string of the molecule is C=CC(=O)N1CC(CC(=O)C(C)n2c(C)c(C(=O)N3CCc4c(cccc4OC)C3)c3cc(Cl)ccc32)C1.C=CC(=O)N1CC(CC(=O)Cn2c(C)c(-c3ccccc3C(C)(C)C)c3cc(Cl)ccc32)C1.C=CC(=O)N1CC(CC(=O)Cn2c(C)c(-c3ccccc3OC)c3cc(Cl)ccc32)C1.C=CC(=O)N1CC(CC(=O)Cn2ccc3c(Cl)c(Cl)ccc32)C1. The van der Waals surface area contributed by atoms with Gasteiger partial charge in [0.15, 0.2) is 23.1 Å². The number of nitrogens with zero attached hydrogens (tertiary/aromatic N) is 9. The van der Waals surface area contributed by atoms with Crippen LogP contribution in [0.2, 0.25) is 25.1 Å². The highest BCUT2D eigenvalue weighted by molar-refractivity contribution is 6.45. The van der Waals surface area contributed by atoms with Crippen LogP contribution in [0, 0.1) is 44.4 Å². The third-order valence-corrected chi connectivity index (χ3v) is 26.2. The molecule has 5 aliphatic heterocycles. The van der Waals surface area contributed by atoms with Gasteiger partial charge in [0.2, 0.25) is 23.6 Å². The van der Waals surface area contributed by atoms with E-state index in [-0.39, 0.29) is 88.3 Å². The van der Waals surface area contributed by atoms with Gasteiger partial charge in [-0.05, 0) is 165 Å². The number of ketones is 4. The van der Waals surface area contributed by atoms with Crippen molar-refractivity contribution in [3.05, 3.63) is 261 Å². The molecule has 7 aromatic carbocycles. The molecule has 0 radical (unpaired) electrons. The van der Waals surface area contributed by atoms with E-state index in [9.17, 15) is 43.2 Å². The summed E-state index contributed by atoms with van der Waals surface area (Å²) < 4.78 is 19.1. The highest BCUT2D eigenvalue weighted by Crippen LogP contribution is 2.45. The van der Waals surface area contributed by atoms with Gasteiger partial charge in [0, 0.05) is 213 Å². The number of hydrogen-bond donors (Lipinski definition) is 0. The average molecular weight is 1790 g/mol. The Morgan fingerprint density at radius 1 is 0.464 bits per heavy atom. The molecule has 125 heavy (non-hydrogen) atoms. The van der Waals surface area contributed by atoms with Crippen LogP contribution in [0.5, 0.6) is 11.5 Å². The van der Waals surface area contributed by atoms with Gasteiger partial charge in [-0.25, -0.2) is 0 Å². The summed E-state index contributed by atoms with van der Waals surface area (Å²) >= 11 is 31.3. The van der Waals surface area contributed by atoms with Crippen LogP contribution in [-0.4, -0.2) is 169 Å². The number of hydrogen-bond acceptors (Lipinski definition) is 11. The normalized spacial score (nSPS) is 14.8. The number of carbonyl (C=O) groups is 9. The predicted octanol–water partition coefficient (Wildman–Crippen LogP) is 19.6. The standard InChI is InChI=1S/C30H32ClN3O4.C28H31ClN2O2.C25H25ClN2O3.C17H16Cl2N2O2/c1-5-28(36)33-15-20(16-33)13-26(35)18(2)34-19(3)29(24-14-22(31)9-10-25(24)34)30(37)32-12-11-23-21(17-32)7-6-8-27(23)38-4;1-6-26(33)30-15-19(16-30)13-21(32)17-31-18(2)27(23-14-20(29)11-12-25(23)31)22-9-7-8-10-24(22)28(3,4)5;1-4-24(30)27-13-17(14-27)11-19(29)15-28-16(2)25(20-7-5-6-8-23(20)31-3)21-12-18(26)9-10-22(21)28;1-2-16(23)21-8-11(9-21)7-12(22)10-20-6-5-13-15(20)4-3-14(18)17(13)19/h5-10,14,18,20H,1,11-13,15-17H2,2-4H3;6-12,14,19H,1,13,15-17H2,2-5H3;4-10,12,17H,1,11,13-15H2,2-3H3;2-6,11H,1,7-10H2. The molecule has 20 nitrogen and oxygen atoms in total. The largest absolute Gasteiger partial charge is 0.496 e. The number of methoxy groups -OCH3 is 2. The average Bonchev–Trinajstić information content (AvgIpc) is 1.61. The molecule has 16 rings (SSSR count). The summed E-state index contributed by atoms with van der Waals surface area (Å²) in [7, 11) is 3.32. The summed E-state index contributed by atoms with van der Waals surface area (Å²) in [5.74, 6) is 2.60. The fraction of sp³-hybridized carbons (Fsp3) is 0.330. The molecule has 650 valence electrons. The van der Waals surface area contributed by atoms with E-state index < -0.39 is 6.04 Å². The monoisotopic (exact) mass is 1780 g/mol. The molecular weight excluding hydrogens is 1680 g/mol. The minimum absolute atomic E-state index is 0.0230. The lowest BCUT2D eigenvalue weighted by Crippen LogP contribution is -2.50. The molecule has 0 spiro atoms. The molecule has 1 atom stereocenters. The molecule has 0 saturated carbocycles. The van der Waals surface area contributed by atoms with Crippen LogP contribution in [0.4, 0.5) is 0 Å². The van der Waals surface area contributed by atoms with Crippen molar-refractivity contribution in [3.63, 3.8) is 0 Å². The van der Waals surface area contributed by atoms with Crippen molar-refractivity contribution in [3.8, 4) is 33.8 Å². The quantitative estimate of drug-likeness (QED) is 0.0492. The molecule has 25 heteroatoms. The number of benzene rings is 7. The Kier molecular flexibility index (Phi) is 28.6. The van der Waals surface area contributed by atoms with Crippen molar-refractivity contribution < 1.29 is 52.6 Å². The maximum atomic E-state index is 14.0. The highest BCUT2D eigenvalue weighted by Gasteiger charge is 2.38. The van der Waals surface area contributed by atoms with Gasteiger partial charge in [0.1, 0.15) is 11.5 Å². The first kappa shape index (κ1) is 91.4. The Labute approximate surface area is 754 Å². The number of fused-ring (bicyclic) bond motifs is 5. The van der Waals surface area contributed by atoms with Crippen molar-refractivity contribution >= 4 is 154 Å². The second-order valence-corrected chi connectivity index (χ2v) is 36.1. The minimum Gasteiger partial charge on any atom is -0.496 e. The number of para-hydroxylation sites is 1. The Bertz CT molecular complexity index is 6120. The van der Waals surface area contributed by atoms with Crippen LogP contribution in [0.25, 0.3) is 65.9 Å². The summed E-state index contributed by atoms with van der Waals surface area (Å²) in [4.78, 5) is 121. The Morgan fingerprint density at radius 3 is 1.38 bits per heavy atom. The lowest BCUT2D eigenvalue weighted by atomic mass is 9.81. The Morgan fingerprint density at radius 2 is 0.896 bits per heavy atom. The van der Waals surface area contributed by atoms with Crippen LogP contribution in [0.3, 0.4) is 0 Å². The number of carbonyl (C=O) groups excluding carboxylic acids is 9. The van der Waals surface area contributed by atoms with Crippen molar-refractivity contribution in [1.82, 2.24) is 42.8 Å². The van der Waals surface area contributed by atoms with E-state index in [1.807, 2.05) is 144 Å². The zero-order valence-electron chi connectivity index (χ0n) is 72.0. The molecular formula is C100H104Cl5N9O11. The van der Waals surface area contributed by atoms with Gasteiger partial charge < -0.3 is 52.2 Å². The van der Waals surface area contributed by atoms with Gasteiger partial charge in [-0.3, -0.25) is 43.2 Å². The zero-order valence-corrected chi connectivity index (χ0v) is 75.8.